The summed E-state index contributed by atoms with van der Waals surface area (Å²) >= 11 is 0. The van der Waals surface area contributed by atoms with Gasteiger partial charge in [0.1, 0.15) is 146 Å². The first kappa shape index (κ1) is 62.7. The van der Waals surface area contributed by atoms with Crippen molar-refractivity contribution >= 4 is 0 Å². The summed E-state index contributed by atoms with van der Waals surface area (Å²) in [6, 6.07) is 0. The molecule has 21 rings (SSSR count). The molecular formula is C44H74O34. The second kappa shape index (κ2) is 27.1. The highest BCUT2D eigenvalue weighted by molar-refractivity contribution is 5.01. The third kappa shape index (κ3) is 12.7. The lowest BCUT2D eigenvalue weighted by molar-refractivity contribution is -0.395. The third-order valence-electron chi connectivity index (χ3n) is 15.1. The van der Waals surface area contributed by atoms with Crippen LogP contribution in [0, 0.1) is 0 Å². The summed E-state index contributed by atoms with van der Waals surface area (Å²) in [5.41, 5.74) is 0. The summed E-state index contributed by atoms with van der Waals surface area (Å²) in [7, 11) is 0. The normalized spacial score (nSPS) is 53.8. The molecule has 21 fully saturated rings. The standard InChI is InChI=1S/C44H74O34/c45-3-1-12-33-21(54)27(60)40(67-12)76-36-16(8-49)69-41(29(62)23(36)56)73-32-11(52)5-19(65-14(32)6-47)72-35-15(7-48)68-43(28(61)22(35)55)77-38-18(10-51)71-44(31(64)25(38)58)78-37-17(9-50)70-42(30(63)24(37)57)75-34-13(2-4-46)66-39(74-33)26(59)20(34)53/h11-64H,1-10H2/t11-,12-,13-,14-,15-,16-,17-,18-,19-,20?,21-,22-,23-,24-,25-,26-,27-,28-,29-,30-,31-,32+,33-,34-,35-,36-,37-,38-,39-,40-,41-,42-,43-,44-/m1/s1. The summed E-state index contributed by atoms with van der Waals surface area (Å²) in [6.45, 7) is -6.24. The van der Waals surface area contributed by atoms with E-state index in [9.17, 15) is 102 Å². The highest BCUT2D eigenvalue weighted by atomic mass is 16.8. The van der Waals surface area contributed by atoms with Gasteiger partial charge in [0.05, 0.1) is 51.3 Å². The SMILES string of the molecule is OCC[C@H]1O[C@@H]2O[C@H]3[C@H](O)[C@@H](O)[C@@H](O[C@H]4[C@H](O)C[C@@H](O[C@H]5[C@H](O)[C@@H](O)[C@@H](O[C@H]6[C@H](O)[C@@H](O)[C@@H](O[C@H]7[C@H](O)[C@@H](O)[C@H](O[C@@H]7CO)O[C@H]7C(O)[C@@H](O)[C@@H](O[C@H]1[C@H](O)[C@H]2O)O[C@@H]7CCO)O[C@@H]6CO)O[C@@H]5CO)O[C@@H]4CO)O[C@@H]3CO. The number of hydrogen-bond acceptors (Lipinski definition) is 34. The van der Waals surface area contributed by atoms with E-state index >= 15 is 0 Å². The summed E-state index contributed by atoms with van der Waals surface area (Å²) in [6.07, 6.45) is -65.3. The fourth-order valence-corrected chi connectivity index (χ4v) is 10.8. The molecule has 0 aromatic rings. The predicted molar refractivity (Wildman–Crippen MR) is 236 cm³/mol. The Hall–Kier alpha value is -1.36. The molecule has 34 nitrogen and oxygen atoms in total. The zero-order valence-electron chi connectivity index (χ0n) is 41.4. The number of aliphatic hydroxyl groups is 20. The van der Waals surface area contributed by atoms with E-state index in [0.29, 0.717) is 0 Å². The summed E-state index contributed by atoms with van der Waals surface area (Å²) < 4.78 is 81.2. The molecule has 0 saturated carbocycles. The van der Waals surface area contributed by atoms with Gasteiger partial charge in [-0.15, -0.1) is 0 Å². The van der Waals surface area contributed by atoms with Crippen molar-refractivity contribution in [2.45, 2.75) is 228 Å². The lowest BCUT2D eigenvalue weighted by atomic mass is 9.94. The molecule has 20 N–H and O–H groups in total. The first-order chi connectivity index (χ1) is 37.2. The van der Waals surface area contributed by atoms with Crippen LogP contribution in [-0.4, -0.2) is 357 Å². The molecule has 21 aliphatic heterocycles. The van der Waals surface area contributed by atoms with Crippen LogP contribution in [0.4, 0.5) is 0 Å². The number of aliphatic hydroxyl groups excluding tert-OH is 20. The van der Waals surface area contributed by atoms with Crippen molar-refractivity contribution in [3.63, 3.8) is 0 Å². The van der Waals surface area contributed by atoms with Crippen molar-refractivity contribution in [3.05, 3.63) is 0 Å². The van der Waals surface area contributed by atoms with Crippen LogP contribution in [0.5, 0.6) is 0 Å². The van der Waals surface area contributed by atoms with Gasteiger partial charge in [0.25, 0.3) is 0 Å². The minimum Gasteiger partial charge on any atom is -0.396 e. The second-order valence-electron chi connectivity index (χ2n) is 20.2. The van der Waals surface area contributed by atoms with Gasteiger partial charge in [0.2, 0.25) is 0 Å². The molecule has 21 saturated heterocycles. The lowest BCUT2D eigenvalue weighted by Crippen LogP contribution is -2.68. The Balaban J connectivity index is 1.08. The summed E-state index contributed by atoms with van der Waals surface area (Å²) in [5.74, 6) is 0. The molecule has 34 atom stereocenters. The number of hydrogen-bond donors (Lipinski definition) is 20. The average molecular weight is 1150 g/mol. The molecule has 21 aliphatic rings. The van der Waals surface area contributed by atoms with Crippen molar-refractivity contribution in [2.24, 2.45) is 0 Å². The van der Waals surface area contributed by atoms with E-state index in [2.05, 4.69) is 0 Å². The van der Waals surface area contributed by atoms with Gasteiger partial charge in [-0.25, -0.2) is 0 Å². The van der Waals surface area contributed by atoms with Crippen LogP contribution in [0.2, 0.25) is 0 Å². The smallest absolute Gasteiger partial charge is 0.187 e. The fraction of sp³-hybridized carbons (Fsp3) is 1.00. The largest absolute Gasteiger partial charge is 0.396 e. The first-order valence-corrected chi connectivity index (χ1v) is 25.5. The third-order valence-corrected chi connectivity index (χ3v) is 15.1. The Labute approximate surface area is 442 Å². The van der Waals surface area contributed by atoms with Crippen molar-refractivity contribution in [2.75, 3.05) is 46.2 Å². The van der Waals surface area contributed by atoms with Crippen molar-refractivity contribution in [1.82, 2.24) is 0 Å². The minimum absolute atomic E-state index is 0.389. The van der Waals surface area contributed by atoms with Crippen LogP contribution < -0.4 is 0 Å². The van der Waals surface area contributed by atoms with Crippen LogP contribution in [0.1, 0.15) is 19.3 Å². The molecule has 0 spiro atoms. The van der Waals surface area contributed by atoms with Gasteiger partial charge in [-0.1, -0.05) is 0 Å². The molecule has 78 heavy (non-hydrogen) atoms. The van der Waals surface area contributed by atoms with Gasteiger partial charge in [-0.2, -0.15) is 0 Å². The highest BCUT2D eigenvalue weighted by Gasteiger charge is 2.59. The molecule has 0 aromatic carbocycles. The van der Waals surface area contributed by atoms with Gasteiger partial charge >= 0.3 is 0 Å². The Morgan fingerprint density at radius 1 is 0.231 bits per heavy atom. The average Bonchev–Trinajstić information content (AvgIpc) is 3.43. The second-order valence-corrected chi connectivity index (χ2v) is 20.2. The highest BCUT2D eigenvalue weighted by Crippen LogP contribution is 2.39. The number of ether oxygens (including phenoxy) is 14. The topological polar surface area (TPSA) is 534 Å². The van der Waals surface area contributed by atoms with E-state index in [1.807, 2.05) is 0 Å². The van der Waals surface area contributed by atoms with Crippen molar-refractivity contribution in [1.29, 1.82) is 0 Å². The molecule has 0 radical (unpaired) electrons. The first-order valence-electron chi connectivity index (χ1n) is 25.5. The van der Waals surface area contributed by atoms with Crippen LogP contribution in [-0.2, 0) is 66.3 Å². The van der Waals surface area contributed by atoms with Gasteiger partial charge in [0, 0.05) is 19.6 Å². The summed E-state index contributed by atoms with van der Waals surface area (Å²) in [5, 5.41) is 220. The molecule has 34 heteroatoms. The lowest BCUT2D eigenvalue weighted by Gasteiger charge is -2.50. The maximum absolute atomic E-state index is 11.5. The van der Waals surface area contributed by atoms with Gasteiger partial charge in [0.15, 0.2) is 44.0 Å². The number of rotatable bonds is 9. The zero-order valence-corrected chi connectivity index (χ0v) is 41.4. The van der Waals surface area contributed by atoms with Crippen molar-refractivity contribution in [3.8, 4) is 0 Å². The Morgan fingerprint density at radius 2 is 0.449 bits per heavy atom. The van der Waals surface area contributed by atoms with E-state index in [4.69, 9.17) is 66.3 Å². The fourth-order valence-electron chi connectivity index (χ4n) is 10.8. The zero-order chi connectivity index (χ0) is 56.6. The Morgan fingerprint density at radius 3 is 0.705 bits per heavy atom. The van der Waals surface area contributed by atoms with Crippen LogP contribution in [0.25, 0.3) is 0 Å². The maximum Gasteiger partial charge on any atom is 0.187 e. The van der Waals surface area contributed by atoms with Crippen LogP contribution in [0.15, 0.2) is 0 Å². The van der Waals surface area contributed by atoms with Crippen molar-refractivity contribution < 1.29 is 168 Å². The molecule has 14 bridgehead atoms. The van der Waals surface area contributed by atoms with Crippen LogP contribution in [0.3, 0.4) is 0 Å². The molecule has 0 aliphatic carbocycles. The van der Waals surface area contributed by atoms with Gasteiger partial charge in [-0.3, -0.25) is 0 Å². The van der Waals surface area contributed by atoms with E-state index in [1.54, 1.807) is 0 Å². The Bertz CT molecular complexity index is 1830. The van der Waals surface area contributed by atoms with Gasteiger partial charge in [-0.05, 0) is 12.8 Å². The molecule has 454 valence electrons. The molecule has 21 heterocycles. The van der Waals surface area contributed by atoms with E-state index in [1.165, 1.54) is 0 Å². The summed E-state index contributed by atoms with van der Waals surface area (Å²) in [4.78, 5) is 0. The minimum atomic E-state index is -2.17. The van der Waals surface area contributed by atoms with E-state index in [-0.39, 0.29) is 6.42 Å². The maximum atomic E-state index is 11.5. The van der Waals surface area contributed by atoms with E-state index in [0.717, 1.165) is 0 Å². The molecular weight excluding hydrogens is 1070 g/mol. The Kier molecular flexibility index (Phi) is 21.8. The molecule has 1 unspecified atom stereocenters. The van der Waals surface area contributed by atoms with Gasteiger partial charge < -0.3 is 168 Å². The molecule has 0 amide bonds. The monoisotopic (exact) mass is 1150 g/mol. The molecule has 0 aromatic heterocycles. The quantitative estimate of drug-likeness (QED) is 0.102. The predicted octanol–water partition coefficient (Wildman–Crippen LogP) is -13.4. The van der Waals surface area contributed by atoms with Crippen LogP contribution >= 0.6 is 0 Å². The van der Waals surface area contributed by atoms with E-state index < -0.39 is 268 Å².